The number of aromatic nitrogens is 2. The second-order valence-corrected chi connectivity index (χ2v) is 8.99. The molecule has 2 atom stereocenters. The van der Waals surface area contributed by atoms with Crippen molar-refractivity contribution in [1.82, 2.24) is 14.5 Å². The van der Waals surface area contributed by atoms with E-state index in [9.17, 15) is 9.59 Å². The Morgan fingerprint density at radius 2 is 2.21 bits per heavy atom. The monoisotopic (exact) mass is 367 g/mol. The summed E-state index contributed by atoms with van der Waals surface area (Å²) in [6.07, 6.45) is 5.27. The molecule has 0 N–H and O–H groups in total. The number of amides is 1. The second-order valence-electron chi connectivity index (χ2n) is 6.60. The first-order chi connectivity index (χ1) is 11.5. The van der Waals surface area contributed by atoms with Crippen LogP contribution >= 0.6 is 23.5 Å². The van der Waals surface area contributed by atoms with Crippen LogP contribution in [-0.4, -0.2) is 43.9 Å². The van der Waals surface area contributed by atoms with Crippen LogP contribution in [0.15, 0.2) is 14.8 Å². The summed E-state index contributed by atoms with van der Waals surface area (Å²) in [5.41, 5.74) is 0.920. The maximum absolute atomic E-state index is 12.6. The molecule has 0 saturated carbocycles. The molecule has 1 amide bonds. The average molecular weight is 368 g/mol. The Hall–Kier alpha value is -0.950. The van der Waals surface area contributed by atoms with Gasteiger partial charge in [-0.1, -0.05) is 25.6 Å². The highest BCUT2D eigenvalue weighted by Gasteiger charge is 2.27. The van der Waals surface area contributed by atoms with E-state index >= 15 is 0 Å². The molecule has 0 spiro atoms. The van der Waals surface area contributed by atoms with E-state index < -0.39 is 0 Å². The van der Waals surface area contributed by atoms with E-state index in [0.29, 0.717) is 22.2 Å². The quantitative estimate of drug-likeness (QED) is 0.605. The van der Waals surface area contributed by atoms with E-state index in [1.807, 2.05) is 4.90 Å². The molecule has 7 heteroatoms. The van der Waals surface area contributed by atoms with Crippen molar-refractivity contribution in [3.63, 3.8) is 0 Å². The van der Waals surface area contributed by atoms with Gasteiger partial charge in [-0.15, -0.1) is 11.8 Å². The summed E-state index contributed by atoms with van der Waals surface area (Å²) in [6.45, 7) is 5.12. The number of carbonyl (C=O) groups is 1. The summed E-state index contributed by atoms with van der Waals surface area (Å²) >= 11 is 3.00. The lowest BCUT2D eigenvalue weighted by atomic mass is 10.0. The topological polar surface area (TPSA) is 55.2 Å². The highest BCUT2D eigenvalue weighted by atomic mass is 32.2. The zero-order valence-corrected chi connectivity index (χ0v) is 16.2. The first kappa shape index (κ1) is 17.9. The number of rotatable bonds is 4. The molecular weight excluding hydrogens is 342 g/mol. The van der Waals surface area contributed by atoms with Crippen molar-refractivity contribution in [2.24, 2.45) is 7.05 Å². The molecule has 1 saturated heterocycles. The Morgan fingerprint density at radius 3 is 2.96 bits per heavy atom. The van der Waals surface area contributed by atoms with Gasteiger partial charge in [-0.05, 0) is 25.7 Å². The highest BCUT2D eigenvalue weighted by molar-refractivity contribution is 8.00. The van der Waals surface area contributed by atoms with Crippen LogP contribution < -0.4 is 5.56 Å². The number of nitrogens with zero attached hydrogens (tertiary/aromatic N) is 3. The fourth-order valence-electron chi connectivity index (χ4n) is 3.47. The normalized spacial score (nSPS) is 23.4. The van der Waals surface area contributed by atoms with Gasteiger partial charge in [0, 0.05) is 31.3 Å². The maximum atomic E-state index is 12.6. The van der Waals surface area contributed by atoms with Crippen molar-refractivity contribution in [2.75, 3.05) is 12.3 Å². The molecule has 1 fully saturated rings. The Labute approximate surface area is 151 Å². The van der Waals surface area contributed by atoms with Crippen LogP contribution in [0.2, 0.25) is 0 Å². The molecule has 0 unspecified atom stereocenters. The Morgan fingerprint density at radius 1 is 1.42 bits per heavy atom. The van der Waals surface area contributed by atoms with Gasteiger partial charge >= 0.3 is 0 Å². The number of fused-ring (bicyclic) bond motifs is 1. The van der Waals surface area contributed by atoms with Gasteiger partial charge in [0.15, 0.2) is 5.16 Å². The minimum atomic E-state index is 0.0220. The molecule has 2 aliphatic heterocycles. The molecule has 3 rings (SSSR count). The van der Waals surface area contributed by atoms with E-state index in [1.54, 1.807) is 23.4 Å². The van der Waals surface area contributed by atoms with Crippen molar-refractivity contribution < 1.29 is 4.79 Å². The summed E-state index contributed by atoms with van der Waals surface area (Å²) in [7, 11) is 1.75. The van der Waals surface area contributed by atoms with E-state index in [4.69, 9.17) is 0 Å². The molecule has 0 radical (unpaired) electrons. The molecule has 1 aromatic heterocycles. The predicted octanol–water partition coefficient (Wildman–Crippen LogP) is 2.70. The number of thioether (sulfide) groups is 2. The van der Waals surface area contributed by atoms with Gasteiger partial charge < -0.3 is 4.90 Å². The first-order valence-electron chi connectivity index (χ1n) is 8.70. The Bertz CT molecular complexity index is 689. The van der Waals surface area contributed by atoms with Gasteiger partial charge in [-0.3, -0.25) is 14.2 Å². The van der Waals surface area contributed by atoms with Crippen LogP contribution in [0, 0.1) is 0 Å². The smallest absolute Gasteiger partial charge is 0.267 e. The van der Waals surface area contributed by atoms with Gasteiger partial charge in [-0.2, -0.15) is 0 Å². The minimum Gasteiger partial charge on any atom is -0.339 e. The van der Waals surface area contributed by atoms with Crippen molar-refractivity contribution in [2.45, 2.75) is 67.3 Å². The number of carbonyl (C=O) groups excluding carboxylic acids is 1. The average Bonchev–Trinajstić information content (AvgIpc) is 2.97. The van der Waals surface area contributed by atoms with Crippen molar-refractivity contribution in [3.8, 4) is 0 Å². The molecule has 2 aliphatic rings. The van der Waals surface area contributed by atoms with Gasteiger partial charge in [0.1, 0.15) is 0 Å². The third kappa shape index (κ3) is 3.52. The minimum absolute atomic E-state index is 0.0220. The largest absolute Gasteiger partial charge is 0.339 e. The molecule has 1 aromatic rings. The third-order valence-electron chi connectivity index (χ3n) is 4.82. The standard InChI is InChI=1S/C17H25N3O2S2/c1-4-12-7-5-6-8-20(12)14(21)10-23-17-18-13-9-11(2)24-15(13)16(22)19(17)3/h11-12H,4-10H2,1-3H3/t11-,12+/m0/s1. The van der Waals surface area contributed by atoms with Crippen LogP contribution in [0.5, 0.6) is 0 Å². The summed E-state index contributed by atoms with van der Waals surface area (Å²) < 4.78 is 1.59. The predicted molar refractivity (Wildman–Crippen MR) is 98.9 cm³/mol. The summed E-state index contributed by atoms with van der Waals surface area (Å²) in [5, 5.41) is 1.06. The summed E-state index contributed by atoms with van der Waals surface area (Å²) in [5.74, 6) is 0.530. The Balaban J connectivity index is 1.71. The van der Waals surface area contributed by atoms with Gasteiger partial charge in [0.25, 0.3) is 5.56 Å². The molecule has 0 bridgehead atoms. The lowest BCUT2D eigenvalue weighted by Crippen LogP contribution is -2.44. The second kappa shape index (κ2) is 7.52. The lowest BCUT2D eigenvalue weighted by molar-refractivity contribution is -0.132. The highest BCUT2D eigenvalue weighted by Crippen LogP contribution is 2.34. The van der Waals surface area contributed by atoms with E-state index in [-0.39, 0.29) is 11.5 Å². The zero-order chi connectivity index (χ0) is 17.3. The molecule has 5 nitrogen and oxygen atoms in total. The molecule has 132 valence electrons. The maximum Gasteiger partial charge on any atom is 0.267 e. The van der Waals surface area contributed by atoms with Crippen molar-refractivity contribution >= 4 is 29.4 Å². The molecular formula is C17H25N3O2S2. The van der Waals surface area contributed by atoms with Crippen LogP contribution in [0.1, 0.15) is 45.2 Å². The van der Waals surface area contributed by atoms with Gasteiger partial charge in [0.05, 0.1) is 16.3 Å². The SMILES string of the molecule is CC[C@@H]1CCCCN1C(=O)CSc1nc2c(c(=O)n1C)S[C@@H](C)C2. The molecule has 3 heterocycles. The van der Waals surface area contributed by atoms with Crippen molar-refractivity contribution in [1.29, 1.82) is 0 Å². The van der Waals surface area contributed by atoms with E-state index in [0.717, 1.165) is 42.8 Å². The van der Waals surface area contributed by atoms with Crippen LogP contribution in [0.4, 0.5) is 0 Å². The van der Waals surface area contributed by atoms with Crippen molar-refractivity contribution in [3.05, 3.63) is 16.0 Å². The number of hydrogen-bond acceptors (Lipinski definition) is 5. The Kier molecular flexibility index (Phi) is 5.59. The number of likely N-dealkylation sites (tertiary alicyclic amines) is 1. The fraction of sp³-hybridized carbons (Fsp3) is 0.706. The van der Waals surface area contributed by atoms with Crippen LogP contribution in [-0.2, 0) is 18.3 Å². The first-order valence-corrected chi connectivity index (χ1v) is 10.6. The molecule has 0 aromatic carbocycles. The van der Waals surface area contributed by atoms with Crippen LogP contribution in [0.25, 0.3) is 0 Å². The van der Waals surface area contributed by atoms with Crippen LogP contribution in [0.3, 0.4) is 0 Å². The lowest BCUT2D eigenvalue weighted by Gasteiger charge is -2.35. The summed E-state index contributed by atoms with van der Waals surface area (Å²) in [6, 6.07) is 0.376. The number of piperidine rings is 1. The number of hydrogen-bond donors (Lipinski definition) is 0. The van der Waals surface area contributed by atoms with E-state index in [1.165, 1.54) is 18.2 Å². The molecule has 0 aliphatic carbocycles. The summed E-state index contributed by atoms with van der Waals surface area (Å²) in [4.78, 5) is 32.5. The van der Waals surface area contributed by atoms with Gasteiger partial charge in [-0.25, -0.2) is 4.98 Å². The van der Waals surface area contributed by atoms with E-state index in [2.05, 4.69) is 18.8 Å². The third-order valence-corrected chi connectivity index (χ3v) is 7.05. The fourth-order valence-corrected chi connectivity index (χ4v) is 5.48. The van der Waals surface area contributed by atoms with Gasteiger partial charge in [0.2, 0.25) is 5.91 Å². The molecule has 24 heavy (non-hydrogen) atoms. The zero-order valence-electron chi connectivity index (χ0n) is 14.6.